The Hall–Kier alpha value is -2.77. The van der Waals surface area contributed by atoms with Gasteiger partial charge in [-0.15, -0.1) is 0 Å². The van der Waals surface area contributed by atoms with E-state index in [9.17, 15) is 23.6 Å². The lowest BCUT2D eigenvalue weighted by Gasteiger charge is -2.11. The van der Waals surface area contributed by atoms with Crippen LogP contribution in [0, 0.1) is 5.82 Å². The van der Waals surface area contributed by atoms with Crippen molar-refractivity contribution in [1.29, 1.82) is 0 Å². The third kappa shape index (κ3) is 4.60. The number of halogens is 1. The fraction of sp³-hybridized carbons (Fsp3) is 0.333. The molecular weight excluding hydrogens is 307 g/mol. The largest absolute Gasteiger partial charge is 0.457 e. The molecule has 0 spiro atoms. The molecule has 23 heavy (non-hydrogen) atoms. The summed E-state index contributed by atoms with van der Waals surface area (Å²) in [4.78, 5) is 46.9. The summed E-state index contributed by atoms with van der Waals surface area (Å²) in [6.45, 7) is -0.352. The average molecular weight is 322 g/mol. The fourth-order valence-electron chi connectivity index (χ4n) is 2.00. The van der Waals surface area contributed by atoms with Gasteiger partial charge in [0.25, 0.3) is 0 Å². The Labute approximate surface area is 131 Å². The molecule has 0 saturated carbocycles. The summed E-state index contributed by atoms with van der Waals surface area (Å²) in [5, 5.41) is 2.37. The summed E-state index contributed by atoms with van der Waals surface area (Å²) in [5.74, 6) is -1.84. The molecule has 0 bridgehead atoms. The second-order valence-corrected chi connectivity index (χ2v) is 4.90. The second-order valence-electron chi connectivity index (χ2n) is 4.90. The molecule has 7 nitrogen and oxygen atoms in total. The number of imide groups is 1. The SMILES string of the molecule is O=C(CCCN1C(=O)CNC1=O)OCC(=O)c1ccc(F)cc1. The van der Waals surface area contributed by atoms with Gasteiger partial charge in [-0.1, -0.05) is 0 Å². The van der Waals surface area contributed by atoms with Crippen molar-refractivity contribution in [3.05, 3.63) is 35.6 Å². The Bertz CT molecular complexity index is 613. The Morgan fingerprint density at radius 1 is 1.22 bits per heavy atom. The quantitative estimate of drug-likeness (QED) is 0.457. The number of rotatable bonds is 7. The number of hydrogen-bond acceptors (Lipinski definition) is 5. The number of amides is 3. The van der Waals surface area contributed by atoms with E-state index in [2.05, 4.69) is 5.32 Å². The molecule has 0 atom stereocenters. The van der Waals surface area contributed by atoms with E-state index < -0.39 is 30.2 Å². The van der Waals surface area contributed by atoms with E-state index in [-0.39, 0.29) is 37.4 Å². The number of esters is 1. The minimum absolute atomic E-state index is 0.0201. The highest BCUT2D eigenvalue weighted by Gasteiger charge is 2.27. The van der Waals surface area contributed by atoms with E-state index in [1.54, 1.807) is 0 Å². The first kappa shape index (κ1) is 16.6. The van der Waals surface area contributed by atoms with Crippen LogP contribution in [-0.4, -0.2) is 48.3 Å². The van der Waals surface area contributed by atoms with Crippen molar-refractivity contribution >= 4 is 23.7 Å². The van der Waals surface area contributed by atoms with Crippen LogP contribution in [0.15, 0.2) is 24.3 Å². The van der Waals surface area contributed by atoms with Gasteiger partial charge < -0.3 is 10.1 Å². The summed E-state index contributed by atoms with van der Waals surface area (Å²) >= 11 is 0. The third-order valence-electron chi connectivity index (χ3n) is 3.23. The number of Topliss-reactive ketones (excluding diaryl/α,β-unsaturated/α-hetero) is 1. The molecule has 122 valence electrons. The van der Waals surface area contributed by atoms with Crippen molar-refractivity contribution in [1.82, 2.24) is 10.2 Å². The van der Waals surface area contributed by atoms with Gasteiger partial charge in [0.05, 0.1) is 6.54 Å². The van der Waals surface area contributed by atoms with Crippen LogP contribution in [0.4, 0.5) is 9.18 Å². The van der Waals surface area contributed by atoms with Crippen LogP contribution in [0.3, 0.4) is 0 Å². The van der Waals surface area contributed by atoms with E-state index >= 15 is 0 Å². The molecule has 1 fully saturated rings. The van der Waals surface area contributed by atoms with Crippen LogP contribution in [0.5, 0.6) is 0 Å². The molecule has 1 aromatic carbocycles. The molecule has 0 aliphatic carbocycles. The number of carbonyl (C=O) groups excluding carboxylic acids is 4. The first-order chi connectivity index (χ1) is 11.0. The smallest absolute Gasteiger partial charge is 0.324 e. The van der Waals surface area contributed by atoms with Crippen LogP contribution in [0.25, 0.3) is 0 Å². The third-order valence-corrected chi connectivity index (χ3v) is 3.23. The monoisotopic (exact) mass is 322 g/mol. The Morgan fingerprint density at radius 3 is 2.52 bits per heavy atom. The number of ketones is 1. The first-order valence-corrected chi connectivity index (χ1v) is 7.00. The molecule has 0 aromatic heterocycles. The molecule has 1 heterocycles. The summed E-state index contributed by atoms with van der Waals surface area (Å²) < 4.78 is 17.6. The van der Waals surface area contributed by atoms with E-state index in [4.69, 9.17) is 4.74 Å². The molecule has 0 radical (unpaired) electrons. The van der Waals surface area contributed by atoms with E-state index in [0.717, 1.165) is 17.0 Å². The topological polar surface area (TPSA) is 92.8 Å². The molecule has 2 rings (SSSR count). The highest BCUT2D eigenvalue weighted by Crippen LogP contribution is 2.06. The molecule has 1 aliphatic heterocycles. The van der Waals surface area contributed by atoms with Crippen LogP contribution in [0.2, 0.25) is 0 Å². The highest BCUT2D eigenvalue weighted by molar-refractivity contribution is 6.02. The van der Waals surface area contributed by atoms with Gasteiger partial charge in [-0.25, -0.2) is 9.18 Å². The predicted molar refractivity (Wildman–Crippen MR) is 76.0 cm³/mol. The zero-order chi connectivity index (χ0) is 16.8. The molecule has 8 heteroatoms. The number of carbonyl (C=O) groups is 4. The van der Waals surface area contributed by atoms with Gasteiger partial charge in [-0.05, 0) is 30.7 Å². The maximum atomic E-state index is 12.7. The highest BCUT2D eigenvalue weighted by atomic mass is 19.1. The zero-order valence-electron chi connectivity index (χ0n) is 12.2. The summed E-state index contributed by atoms with van der Waals surface area (Å²) in [5.41, 5.74) is 0.249. The predicted octanol–water partition coefficient (Wildman–Crippen LogP) is 0.884. The van der Waals surface area contributed by atoms with Gasteiger partial charge in [0.2, 0.25) is 5.91 Å². The maximum absolute atomic E-state index is 12.7. The Kier molecular flexibility index (Phi) is 5.40. The lowest BCUT2D eigenvalue weighted by atomic mass is 10.1. The van der Waals surface area contributed by atoms with Crippen molar-refractivity contribution < 1.29 is 28.3 Å². The fourth-order valence-corrected chi connectivity index (χ4v) is 2.00. The molecular formula is C15H15FN2O5. The van der Waals surface area contributed by atoms with Gasteiger partial charge in [-0.3, -0.25) is 19.3 Å². The van der Waals surface area contributed by atoms with Crippen LogP contribution < -0.4 is 5.32 Å². The summed E-state index contributed by atoms with van der Waals surface area (Å²) in [6, 6.07) is 4.43. The van der Waals surface area contributed by atoms with E-state index in [1.807, 2.05) is 0 Å². The average Bonchev–Trinajstić information content (AvgIpc) is 2.85. The lowest BCUT2D eigenvalue weighted by molar-refractivity contribution is -0.142. The molecule has 3 amide bonds. The number of nitrogens with zero attached hydrogens (tertiary/aromatic N) is 1. The molecule has 1 aromatic rings. The van der Waals surface area contributed by atoms with Gasteiger partial charge in [0, 0.05) is 18.5 Å². The van der Waals surface area contributed by atoms with Gasteiger partial charge >= 0.3 is 12.0 Å². The lowest BCUT2D eigenvalue weighted by Crippen LogP contribution is -2.32. The second kappa shape index (κ2) is 7.48. The molecule has 1 N–H and O–H groups in total. The van der Waals surface area contributed by atoms with Crippen LogP contribution >= 0.6 is 0 Å². The van der Waals surface area contributed by atoms with Gasteiger partial charge in [-0.2, -0.15) is 0 Å². The standard InChI is InChI=1S/C15H15FN2O5/c16-11-5-3-10(4-6-11)12(19)9-23-14(21)2-1-7-18-13(20)8-17-15(18)22/h3-6H,1-2,7-9H2,(H,17,22). The Morgan fingerprint density at radius 2 is 1.91 bits per heavy atom. The van der Waals surface area contributed by atoms with Gasteiger partial charge in [0.15, 0.2) is 12.4 Å². The van der Waals surface area contributed by atoms with Crippen LogP contribution in [0.1, 0.15) is 23.2 Å². The van der Waals surface area contributed by atoms with E-state index in [0.29, 0.717) is 0 Å². The van der Waals surface area contributed by atoms with Crippen LogP contribution in [-0.2, 0) is 14.3 Å². The normalized spacial score (nSPS) is 13.9. The zero-order valence-corrected chi connectivity index (χ0v) is 12.2. The minimum atomic E-state index is -0.604. The molecule has 0 unspecified atom stereocenters. The maximum Gasteiger partial charge on any atom is 0.324 e. The van der Waals surface area contributed by atoms with Crippen molar-refractivity contribution in [2.24, 2.45) is 0 Å². The first-order valence-electron chi connectivity index (χ1n) is 7.00. The molecule has 1 saturated heterocycles. The number of ether oxygens (including phenoxy) is 1. The molecule has 1 aliphatic rings. The van der Waals surface area contributed by atoms with E-state index in [1.165, 1.54) is 12.1 Å². The van der Waals surface area contributed by atoms with Crippen molar-refractivity contribution in [3.8, 4) is 0 Å². The summed E-state index contributed by atoms with van der Waals surface area (Å²) in [6.07, 6.45) is 0.233. The van der Waals surface area contributed by atoms with Gasteiger partial charge in [0.1, 0.15) is 5.82 Å². The number of hydrogen-bond donors (Lipinski definition) is 1. The Balaban J connectivity index is 1.69. The number of benzene rings is 1. The number of urea groups is 1. The summed E-state index contributed by atoms with van der Waals surface area (Å²) in [7, 11) is 0. The minimum Gasteiger partial charge on any atom is -0.457 e. The van der Waals surface area contributed by atoms with Crippen molar-refractivity contribution in [2.45, 2.75) is 12.8 Å². The van der Waals surface area contributed by atoms with Crippen molar-refractivity contribution in [2.75, 3.05) is 19.7 Å². The van der Waals surface area contributed by atoms with Crippen molar-refractivity contribution in [3.63, 3.8) is 0 Å². The number of nitrogens with one attached hydrogen (secondary N) is 1.